The highest BCUT2D eigenvalue weighted by Gasteiger charge is 2.14. The fraction of sp³-hybridized carbons (Fsp3) is 0.625. The Morgan fingerprint density at radius 1 is 1.05 bits per heavy atom. The van der Waals surface area contributed by atoms with Gasteiger partial charge in [0.2, 0.25) is 0 Å². The highest BCUT2D eigenvalue weighted by atomic mass is 15.3. The molecule has 1 aliphatic rings. The van der Waals surface area contributed by atoms with Crippen LogP contribution in [0.1, 0.15) is 18.1 Å². The summed E-state index contributed by atoms with van der Waals surface area (Å²) in [7, 11) is 0. The molecule has 0 spiro atoms. The summed E-state index contributed by atoms with van der Waals surface area (Å²) in [4.78, 5) is 5.08. The lowest BCUT2D eigenvalue weighted by Gasteiger charge is -2.34. The minimum absolute atomic E-state index is 1.04. The van der Waals surface area contributed by atoms with Crippen molar-refractivity contribution in [3.63, 3.8) is 0 Å². The van der Waals surface area contributed by atoms with Crippen LogP contribution >= 0.6 is 0 Å². The van der Waals surface area contributed by atoms with Crippen LogP contribution in [-0.4, -0.2) is 55.6 Å². The summed E-state index contributed by atoms with van der Waals surface area (Å²) >= 11 is 0. The maximum atomic E-state index is 3.57. The number of piperazine rings is 1. The lowest BCUT2D eigenvalue weighted by molar-refractivity contribution is 0.141. The second kappa shape index (κ2) is 6.92. The summed E-state index contributed by atoms with van der Waals surface area (Å²) in [6.45, 7) is 14.8. The zero-order chi connectivity index (χ0) is 13.7. The molecule has 0 saturated carbocycles. The molecule has 3 nitrogen and oxygen atoms in total. The van der Waals surface area contributed by atoms with Gasteiger partial charge >= 0.3 is 0 Å². The normalized spacial score (nSPS) is 17.6. The van der Waals surface area contributed by atoms with Crippen molar-refractivity contribution in [2.24, 2.45) is 0 Å². The number of hydrogen-bond acceptors (Lipinski definition) is 3. The van der Waals surface area contributed by atoms with Crippen LogP contribution < -0.4 is 5.32 Å². The number of benzene rings is 1. The lowest BCUT2D eigenvalue weighted by Crippen LogP contribution is -2.47. The number of rotatable bonds is 5. The van der Waals surface area contributed by atoms with E-state index in [0.717, 1.165) is 13.1 Å². The number of likely N-dealkylation sites (N-methyl/N-ethyl adjacent to an activating group) is 1. The van der Waals surface area contributed by atoms with Gasteiger partial charge in [-0.15, -0.1) is 0 Å². The van der Waals surface area contributed by atoms with Gasteiger partial charge in [0.1, 0.15) is 0 Å². The van der Waals surface area contributed by atoms with Gasteiger partial charge in [-0.05, 0) is 37.6 Å². The predicted octanol–water partition coefficient (Wildman–Crippen LogP) is 2.35. The third-order valence-electron chi connectivity index (χ3n) is 4.26. The van der Waals surface area contributed by atoms with Gasteiger partial charge in [-0.3, -0.25) is 4.90 Å². The number of nitrogens with zero attached hydrogens (tertiary/aromatic N) is 2. The van der Waals surface area contributed by atoms with E-state index in [9.17, 15) is 0 Å². The molecule has 0 amide bonds. The quantitative estimate of drug-likeness (QED) is 0.878. The van der Waals surface area contributed by atoms with E-state index >= 15 is 0 Å². The lowest BCUT2D eigenvalue weighted by atomic mass is 10.1. The van der Waals surface area contributed by atoms with E-state index in [0.29, 0.717) is 0 Å². The zero-order valence-electron chi connectivity index (χ0n) is 12.6. The Bertz CT molecular complexity index is 395. The third-order valence-corrected chi connectivity index (χ3v) is 4.26. The molecule has 1 aliphatic heterocycles. The topological polar surface area (TPSA) is 18.5 Å². The maximum Gasteiger partial charge on any atom is 0.0372 e. The van der Waals surface area contributed by atoms with Crippen LogP contribution in [0, 0.1) is 13.8 Å². The Hall–Kier alpha value is -1.06. The van der Waals surface area contributed by atoms with Crippen LogP contribution in [0.3, 0.4) is 0 Å². The Balaban J connectivity index is 1.74. The van der Waals surface area contributed by atoms with Gasteiger partial charge in [-0.1, -0.05) is 19.1 Å². The standard InChI is InChI=1S/C16H27N3/c1-4-18-10-12-19(13-11-18)9-8-17-16-7-5-6-14(2)15(16)3/h5-7,17H,4,8-13H2,1-3H3. The molecule has 0 radical (unpaired) electrons. The van der Waals surface area contributed by atoms with Crippen molar-refractivity contribution in [3.05, 3.63) is 29.3 Å². The van der Waals surface area contributed by atoms with Gasteiger partial charge in [0, 0.05) is 45.0 Å². The van der Waals surface area contributed by atoms with Gasteiger partial charge in [0.15, 0.2) is 0 Å². The SMILES string of the molecule is CCN1CCN(CCNc2cccc(C)c2C)CC1. The Morgan fingerprint density at radius 2 is 1.74 bits per heavy atom. The summed E-state index contributed by atoms with van der Waals surface area (Å²) in [5.74, 6) is 0. The molecule has 0 aromatic heterocycles. The fourth-order valence-electron chi connectivity index (χ4n) is 2.62. The first-order valence-corrected chi connectivity index (χ1v) is 7.45. The van der Waals surface area contributed by atoms with E-state index in [4.69, 9.17) is 0 Å². The third kappa shape index (κ3) is 3.95. The first-order chi connectivity index (χ1) is 9.20. The van der Waals surface area contributed by atoms with Crippen LogP contribution in [0.4, 0.5) is 5.69 Å². The molecule has 0 bridgehead atoms. The molecule has 1 fully saturated rings. The van der Waals surface area contributed by atoms with Crippen molar-refractivity contribution >= 4 is 5.69 Å². The van der Waals surface area contributed by atoms with Gasteiger partial charge < -0.3 is 10.2 Å². The molecule has 1 aromatic rings. The van der Waals surface area contributed by atoms with Gasteiger partial charge in [-0.25, -0.2) is 0 Å². The largest absolute Gasteiger partial charge is 0.384 e. The van der Waals surface area contributed by atoms with Crippen LogP contribution in [-0.2, 0) is 0 Å². The maximum absolute atomic E-state index is 3.57. The van der Waals surface area contributed by atoms with Crippen molar-refractivity contribution in [1.82, 2.24) is 9.80 Å². The predicted molar refractivity (Wildman–Crippen MR) is 83.0 cm³/mol. The van der Waals surface area contributed by atoms with Crippen LogP contribution in [0.5, 0.6) is 0 Å². The summed E-state index contributed by atoms with van der Waals surface area (Å²) in [5, 5.41) is 3.57. The molecular weight excluding hydrogens is 234 g/mol. The van der Waals surface area contributed by atoms with E-state index < -0.39 is 0 Å². The smallest absolute Gasteiger partial charge is 0.0372 e. The molecule has 1 saturated heterocycles. The molecule has 0 atom stereocenters. The first kappa shape index (κ1) is 14.4. The molecule has 1 heterocycles. The van der Waals surface area contributed by atoms with Gasteiger partial charge in [0.25, 0.3) is 0 Å². The fourth-order valence-corrected chi connectivity index (χ4v) is 2.62. The van der Waals surface area contributed by atoms with E-state index in [2.05, 4.69) is 54.1 Å². The summed E-state index contributed by atoms with van der Waals surface area (Å²) in [5.41, 5.74) is 4.02. The molecule has 1 aromatic carbocycles. The monoisotopic (exact) mass is 261 g/mol. The number of aryl methyl sites for hydroxylation is 1. The Labute approximate surface area is 117 Å². The van der Waals surface area contributed by atoms with Crippen LogP contribution in [0.2, 0.25) is 0 Å². The summed E-state index contributed by atoms with van der Waals surface area (Å²) in [6, 6.07) is 6.48. The van der Waals surface area contributed by atoms with Crippen molar-refractivity contribution in [2.75, 3.05) is 51.1 Å². The second-order valence-electron chi connectivity index (χ2n) is 5.45. The highest BCUT2D eigenvalue weighted by molar-refractivity contribution is 5.53. The van der Waals surface area contributed by atoms with Crippen LogP contribution in [0.25, 0.3) is 0 Å². The van der Waals surface area contributed by atoms with Crippen LogP contribution in [0.15, 0.2) is 18.2 Å². The molecule has 0 unspecified atom stereocenters. The van der Waals surface area contributed by atoms with E-state index in [1.807, 2.05) is 0 Å². The minimum atomic E-state index is 1.04. The minimum Gasteiger partial charge on any atom is -0.384 e. The van der Waals surface area contributed by atoms with Crippen molar-refractivity contribution in [2.45, 2.75) is 20.8 Å². The van der Waals surface area contributed by atoms with Gasteiger partial charge in [-0.2, -0.15) is 0 Å². The highest BCUT2D eigenvalue weighted by Crippen LogP contribution is 2.17. The Morgan fingerprint density at radius 3 is 2.42 bits per heavy atom. The van der Waals surface area contributed by atoms with E-state index in [-0.39, 0.29) is 0 Å². The number of nitrogens with one attached hydrogen (secondary N) is 1. The molecule has 106 valence electrons. The zero-order valence-corrected chi connectivity index (χ0v) is 12.6. The van der Waals surface area contributed by atoms with E-state index in [1.165, 1.54) is 49.5 Å². The van der Waals surface area contributed by atoms with Crippen molar-refractivity contribution in [1.29, 1.82) is 0 Å². The summed E-state index contributed by atoms with van der Waals surface area (Å²) in [6.07, 6.45) is 0. The molecule has 19 heavy (non-hydrogen) atoms. The molecule has 0 aliphatic carbocycles. The average molecular weight is 261 g/mol. The van der Waals surface area contributed by atoms with Gasteiger partial charge in [0.05, 0.1) is 0 Å². The molecule has 2 rings (SSSR count). The van der Waals surface area contributed by atoms with Crippen molar-refractivity contribution < 1.29 is 0 Å². The average Bonchev–Trinajstić information content (AvgIpc) is 2.44. The number of hydrogen-bond donors (Lipinski definition) is 1. The summed E-state index contributed by atoms with van der Waals surface area (Å²) < 4.78 is 0. The first-order valence-electron chi connectivity index (χ1n) is 7.45. The molecular formula is C16H27N3. The van der Waals surface area contributed by atoms with Crippen molar-refractivity contribution in [3.8, 4) is 0 Å². The Kier molecular flexibility index (Phi) is 5.23. The molecule has 1 N–H and O–H groups in total. The number of anilines is 1. The molecule has 3 heteroatoms. The second-order valence-corrected chi connectivity index (χ2v) is 5.45. The van der Waals surface area contributed by atoms with E-state index in [1.54, 1.807) is 0 Å².